The Morgan fingerprint density at radius 1 is 1.61 bits per heavy atom. The molecule has 1 saturated carbocycles. The van der Waals surface area contributed by atoms with Gasteiger partial charge in [-0.05, 0) is 38.3 Å². The molecule has 1 aliphatic carbocycles. The van der Waals surface area contributed by atoms with Gasteiger partial charge >= 0.3 is 0 Å². The van der Waals surface area contributed by atoms with E-state index in [1.54, 1.807) is 0 Å². The Kier molecular flexibility index (Phi) is 3.75. The van der Waals surface area contributed by atoms with E-state index in [0.29, 0.717) is 25.3 Å². The lowest BCUT2D eigenvalue weighted by Gasteiger charge is -2.17. The van der Waals surface area contributed by atoms with Gasteiger partial charge in [0.25, 0.3) is 0 Å². The van der Waals surface area contributed by atoms with E-state index in [0.717, 1.165) is 26.1 Å². The number of oxime groups is 1. The van der Waals surface area contributed by atoms with E-state index in [9.17, 15) is 4.79 Å². The van der Waals surface area contributed by atoms with Crippen LogP contribution in [0.25, 0.3) is 0 Å². The normalized spacial score (nSPS) is 27.2. The summed E-state index contributed by atoms with van der Waals surface area (Å²) in [4.78, 5) is 14.4. The fourth-order valence-corrected chi connectivity index (χ4v) is 2.59. The number of hydrogen-bond acceptors (Lipinski definition) is 4. The molecule has 4 N–H and O–H groups in total. The van der Waals surface area contributed by atoms with Crippen molar-refractivity contribution in [1.82, 2.24) is 10.2 Å². The maximum absolute atomic E-state index is 12.0. The van der Waals surface area contributed by atoms with Crippen LogP contribution in [0.4, 0.5) is 0 Å². The van der Waals surface area contributed by atoms with Crippen molar-refractivity contribution in [2.75, 3.05) is 26.2 Å². The Bertz CT molecular complexity index is 352. The summed E-state index contributed by atoms with van der Waals surface area (Å²) in [5, 5.41) is 14.6. The quantitative estimate of drug-likeness (QED) is 0.278. The van der Waals surface area contributed by atoms with Crippen LogP contribution in [0.2, 0.25) is 0 Å². The van der Waals surface area contributed by atoms with Gasteiger partial charge < -0.3 is 21.2 Å². The summed E-state index contributed by atoms with van der Waals surface area (Å²) < 4.78 is 0. The molecule has 102 valence electrons. The highest BCUT2D eigenvalue weighted by Gasteiger charge is 2.54. The lowest BCUT2D eigenvalue weighted by molar-refractivity contribution is -0.124. The van der Waals surface area contributed by atoms with Gasteiger partial charge in [-0.3, -0.25) is 4.79 Å². The maximum atomic E-state index is 12.0. The number of carbonyl (C=O) groups is 1. The summed E-state index contributed by atoms with van der Waals surface area (Å²) >= 11 is 0. The molecule has 1 atom stereocenters. The first-order valence-electron chi connectivity index (χ1n) is 6.61. The van der Waals surface area contributed by atoms with Crippen molar-refractivity contribution >= 4 is 11.7 Å². The van der Waals surface area contributed by atoms with E-state index in [2.05, 4.69) is 22.3 Å². The van der Waals surface area contributed by atoms with Crippen molar-refractivity contribution in [3.8, 4) is 0 Å². The number of hydrogen-bond donors (Lipinski definition) is 3. The van der Waals surface area contributed by atoms with Crippen LogP contribution in [-0.2, 0) is 4.79 Å². The van der Waals surface area contributed by atoms with Crippen LogP contribution < -0.4 is 11.1 Å². The van der Waals surface area contributed by atoms with E-state index < -0.39 is 5.41 Å². The minimum absolute atomic E-state index is 0.0432. The Hall–Kier alpha value is -1.30. The highest BCUT2D eigenvalue weighted by molar-refractivity contribution is 6.09. The van der Waals surface area contributed by atoms with Crippen molar-refractivity contribution in [1.29, 1.82) is 0 Å². The summed E-state index contributed by atoms with van der Waals surface area (Å²) in [6, 6.07) is 0. The molecule has 1 unspecified atom stereocenters. The third-order valence-electron chi connectivity index (χ3n) is 4.15. The Morgan fingerprint density at radius 2 is 2.33 bits per heavy atom. The van der Waals surface area contributed by atoms with Crippen molar-refractivity contribution in [3.63, 3.8) is 0 Å². The molecular weight excluding hydrogens is 232 g/mol. The summed E-state index contributed by atoms with van der Waals surface area (Å²) in [6.45, 7) is 6.07. The molecule has 0 radical (unpaired) electrons. The zero-order valence-electron chi connectivity index (χ0n) is 10.9. The Labute approximate surface area is 107 Å². The van der Waals surface area contributed by atoms with Crippen LogP contribution in [0, 0.1) is 11.3 Å². The zero-order chi connectivity index (χ0) is 13.2. The number of nitrogens with two attached hydrogens (primary N) is 1. The molecular formula is C12H22N4O2. The van der Waals surface area contributed by atoms with E-state index >= 15 is 0 Å². The zero-order valence-corrected chi connectivity index (χ0v) is 10.9. The van der Waals surface area contributed by atoms with Gasteiger partial charge in [0.05, 0.1) is 0 Å². The maximum Gasteiger partial charge on any atom is 0.233 e. The van der Waals surface area contributed by atoms with Crippen molar-refractivity contribution < 1.29 is 10.0 Å². The van der Waals surface area contributed by atoms with Crippen LogP contribution in [0.15, 0.2) is 5.16 Å². The van der Waals surface area contributed by atoms with Crippen LogP contribution in [0.5, 0.6) is 0 Å². The van der Waals surface area contributed by atoms with Crippen molar-refractivity contribution in [2.24, 2.45) is 22.2 Å². The van der Waals surface area contributed by atoms with Crippen molar-refractivity contribution in [3.05, 3.63) is 0 Å². The molecule has 2 fully saturated rings. The molecule has 0 aromatic rings. The third-order valence-corrected chi connectivity index (χ3v) is 4.15. The molecule has 18 heavy (non-hydrogen) atoms. The molecule has 2 aliphatic rings. The molecule has 2 rings (SSSR count). The number of nitrogens with one attached hydrogen (secondary N) is 1. The first kappa shape index (κ1) is 13.1. The number of amides is 1. The second-order valence-electron chi connectivity index (χ2n) is 5.33. The smallest absolute Gasteiger partial charge is 0.233 e. The van der Waals surface area contributed by atoms with Crippen LogP contribution >= 0.6 is 0 Å². The van der Waals surface area contributed by atoms with Gasteiger partial charge in [0.2, 0.25) is 5.91 Å². The first-order valence-corrected chi connectivity index (χ1v) is 6.61. The average molecular weight is 254 g/mol. The largest absolute Gasteiger partial charge is 0.409 e. The first-order chi connectivity index (χ1) is 8.62. The summed E-state index contributed by atoms with van der Waals surface area (Å²) in [7, 11) is 0. The minimum atomic E-state index is -0.724. The van der Waals surface area contributed by atoms with Gasteiger partial charge in [-0.1, -0.05) is 12.1 Å². The van der Waals surface area contributed by atoms with Gasteiger partial charge in [0, 0.05) is 13.1 Å². The molecule has 6 nitrogen and oxygen atoms in total. The molecule has 1 saturated heterocycles. The molecule has 1 amide bonds. The van der Waals surface area contributed by atoms with Crippen LogP contribution in [0.3, 0.4) is 0 Å². The number of nitrogens with zero attached hydrogens (tertiary/aromatic N) is 2. The van der Waals surface area contributed by atoms with E-state index in [1.165, 1.54) is 0 Å². The Balaban J connectivity index is 1.79. The molecule has 0 bridgehead atoms. The highest BCUT2D eigenvalue weighted by atomic mass is 16.4. The highest BCUT2D eigenvalue weighted by Crippen LogP contribution is 2.46. The third kappa shape index (κ3) is 2.43. The Morgan fingerprint density at radius 3 is 2.83 bits per heavy atom. The summed E-state index contributed by atoms with van der Waals surface area (Å²) in [6.07, 6.45) is 2.49. The standard InChI is InChI=1S/C12H22N4O2/c1-2-16-6-3-9(8-16)7-14-11(17)12(4-5-12)10(13)15-18/h9,18H,2-8H2,1H3,(H2,13,15)(H,14,17). The second-order valence-corrected chi connectivity index (χ2v) is 5.33. The molecule has 0 aromatic carbocycles. The fourth-order valence-electron chi connectivity index (χ4n) is 2.59. The van der Waals surface area contributed by atoms with E-state index in [4.69, 9.17) is 10.9 Å². The van der Waals surface area contributed by atoms with Crippen LogP contribution in [-0.4, -0.2) is 48.0 Å². The predicted molar refractivity (Wildman–Crippen MR) is 68.3 cm³/mol. The second kappa shape index (κ2) is 5.14. The number of amidine groups is 1. The van der Waals surface area contributed by atoms with Gasteiger partial charge in [-0.15, -0.1) is 0 Å². The SMILES string of the molecule is CCN1CCC(CNC(=O)C2(C(N)=NO)CC2)C1. The van der Waals surface area contributed by atoms with Crippen molar-refractivity contribution in [2.45, 2.75) is 26.2 Å². The summed E-state index contributed by atoms with van der Waals surface area (Å²) in [5.74, 6) is 0.478. The summed E-state index contributed by atoms with van der Waals surface area (Å²) in [5.41, 5.74) is 4.85. The van der Waals surface area contributed by atoms with Gasteiger partial charge in [-0.2, -0.15) is 0 Å². The number of likely N-dealkylation sites (tertiary alicyclic amines) is 1. The lowest BCUT2D eigenvalue weighted by Crippen LogP contribution is -2.42. The van der Waals surface area contributed by atoms with Gasteiger partial charge in [0.15, 0.2) is 5.84 Å². The monoisotopic (exact) mass is 254 g/mol. The number of rotatable bonds is 5. The lowest BCUT2D eigenvalue weighted by atomic mass is 10.0. The van der Waals surface area contributed by atoms with E-state index in [1.807, 2.05) is 0 Å². The van der Waals surface area contributed by atoms with Gasteiger partial charge in [0.1, 0.15) is 5.41 Å². The van der Waals surface area contributed by atoms with Crippen LogP contribution in [0.1, 0.15) is 26.2 Å². The van der Waals surface area contributed by atoms with E-state index in [-0.39, 0.29) is 11.7 Å². The molecule has 0 aromatic heterocycles. The predicted octanol–water partition coefficient (Wildman–Crippen LogP) is -0.0290. The van der Waals surface area contributed by atoms with Gasteiger partial charge in [-0.25, -0.2) is 0 Å². The molecule has 6 heteroatoms. The minimum Gasteiger partial charge on any atom is -0.409 e. The fraction of sp³-hybridized carbons (Fsp3) is 0.833. The molecule has 1 heterocycles. The number of carbonyl (C=O) groups excluding carboxylic acids is 1. The average Bonchev–Trinajstić information content (AvgIpc) is 3.08. The topological polar surface area (TPSA) is 91.0 Å². The molecule has 0 spiro atoms. The molecule has 1 aliphatic heterocycles.